The highest BCUT2D eigenvalue weighted by molar-refractivity contribution is 5.81. The van der Waals surface area contributed by atoms with Gasteiger partial charge in [-0.1, -0.05) is 0 Å². The summed E-state index contributed by atoms with van der Waals surface area (Å²) in [4.78, 5) is 12.0. The molecule has 102 valence electrons. The fraction of sp³-hybridized carbons (Fsp3) is 0.500. The van der Waals surface area contributed by atoms with Crippen molar-refractivity contribution >= 4 is 17.0 Å². The molecular weight excluding hydrogens is 252 g/mol. The standard InChI is InChI=1S/C10H14N6O3/c11-1-4-6(17)7(18)10(19-4)16-3-15-5-8(12)13-2-14-9(5)16/h2-4,6-7,10,17-18H,1,11H2,(H2,12,13,14)/t4-,6+,7+,10-/m0/s1. The largest absolute Gasteiger partial charge is 0.387 e. The lowest BCUT2D eigenvalue weighted by molar-refractivity contribution is -0.0322. The minimum absolute atomic E-state index is 0.110. The first-order chi connectivity index (χ1) is 9.13. The van der Waals surface area contributed by atoms with Gasteiger partial charge < -0.3 is 26.4 Å². The van der Waals surface area contributed by atoms with Gasteiger partial charge >= 0.3 is 0 Å². The van der Waals surface area contributed by atoms with Crippen molar-refractivity contribution in [2.45, 2.75) is 24.5 Å². The molecule has 0 bridgehead atoms. The Bertz CT molecular complexity index is 602. The van der Waals surface area contributed by atoms with Crippen LogP contribution in [0.3, 0.4) is 0 Å². The fourth-order valence-electron chi connectivity index (χ4n) is 2.21. The van der Waals surface area contributed by atoms with Crippen LogP contribution < -0.4 is 11.5 Å². The van der Waals surface area contributed by atoms with Crippen LogP contribution in [-0.4, -0.2) is 54.6 Å². The zero-order chi connectivity index (χ0) is 13.6. The maximum absolute atomic E-state index is 10.0. The number of rotatable bonds is 2. The highest BCUT2D eigenvalue weighted by atomic mass is 16.6. The fourth-order valence-corrected chi connectivity index (χ4v) is 2.21. The second kappa shape index (κ2) is 4.38. The van der Waals surface area contributed by atoms with E-state index in [1.807, 2.05) is 0 Å². The van der Waals surface area contributed by atoms with Gasteiger partial charge in [-0.05, 0) is 0 Å². The number of anilines is 1. The number of nitrogen functional groups attached to an aromatic ring is 1. The van der Waals surface area contributed by atoms with E-state index in [0.29, 0.717) is 11.2 Å². The van der Waals surface area contributed by atoms with E-state index in [9.17, 15) is 10.2 Å². The summed E-state index contributed by atoms with van der Waals surface area (Å²) >= 11 is 0. The average Bonchev–Trinajstić information content (AvgIpc) is 2.94. The van der Waals surface area contributed by atoms with Gasteiger partial charge in [-0.3, -0.25) is 4.57 Å². The van der Waals surface area contributed by atoms with Crippen LogP contribution in [-0.2, 0) is 4.74 Å². The molecular formula is C10H14N6O3. The summed E-state index contributed by atoms with van der Waals surface area (Å²) < 4.78 is 7.04. The lowest BCUT2D eigenvalue weighted by Gasteiger charge is -2.16. The molecule has 2 aromatic heterocycles. The predicted molar refractivity (Wildman–Crippen MR) is 64.7 cm³/mol. The van der Waals surface area contributed by atoms with Gasteiger partial charge in [-0.2, -0.15) is 0 Å². The molecule has 1 fully saturated rings. The number of aromatic nitrogens is 4. The number of aliphatic hydroxyl groups is 2. The van der Waals surface area contributed by atoms with Gasteiger partial charge in [0.25, 0.3) is 0 Å². The third-order valence-corrected chi connectivity index (χ3v) is 3.23. The molecule has 0 saturated carbocycles. The lowest BCUT2D eigenvalue weighted by atomic mass is 10.1. The molecule has 0 amide bonds. The number of hydrogen-bond acceptors (Lipinski definition) is 8. The molecule has 0 spiro atoms. The molecule has 0 unspecified atom stereocenters. The Kier molecular flexibility index (Phi) is 2.82. The number of nitrogens with zero attached hydrogens (tertiary/aromatic N) is 4. The summed E-state index contributed by atoms with van der Waals surface area (Å²) in [6.07, 6.45) is -0.850. The summed E-state index contributed by atoms with van der Waals surface area (Å²) in [5, 5.41) is 19.8. The SMILES string of the molecule is NC[C@@H]1O[C@H](n2cnc3c(N)ncnc32)[C@H](O)[C@@H]1O. The van der Waals surface area contributed by atoms with Crippen molar-refractivity contribution in [3.63, 3.8) is 0 Å². The van der Waals surface area contributed by atoms with Crippen molar-refractivity contribution < 1.29 is 14.9 Å². The van der Waals surface area contributed by atoms with Gasteiger partial charge in [0.1, 0.15) is 30.2 Å². The number of fused-ring (bicyclic) bond motifs is 1. The van der Waals surface area contributed by atoms with Crippen LogP contribution in [0.5, 0.6) is 0 Å². The summed E-state index contributed by atoms with van der Waals surface area (Å²) in [6, 6.07) is 0. The Morgan fingerprint density at radius 1 is 1.26 bits per heavy atom. The topological polar surface area (TPSA) is 145 Å². The summed E-state index contributed by atoms with van der Waals surface area (Å²) in [7, 11) is 0. The monoisotopic (exact) mass is 266 g/mol. The van der Waals surface area contributed by atoms with Crippen molar-refractivity contribution in [2.75, 3.05) is 12.3 Å². The van der Waals surface area contributed by atoms with Gasteiger partial charge in [0.05, 0.1) is 6.33 Å². The zero-order valence-corrected chi connectivity index (χ0v) is 9.92. The summed E-state index contributed by atoms with van der Waals surface area (Å²) in [5.41, 5.74) is 12.0. The predicted octanol–water partition coefficient (Wildman–Crippen LogP) is -2.01. The highest BCUT2D eigenvalue weighted by Gasteiger charge is 2.43. The molecule has 3 heterocycles. The van der Waals surface area contributed by atoms with Crippen molar-refractivity contribution in [2.24, 2.45) is 5.73 Å². The van der Waals surface area contributed by atoms with Gasteiger partial charge in [-0.25, -0.2) is 15.0 Å². The van der Waals surface area contributed by atoms with Crippen molar-refractivity contribution in [3.8, 4) is 0 Å². The molecule has 2 aromatic rings. The first-order valence-corrected chi connectivity index (χ1v) is 5.78. The Morgan fingerprint density at radius 2 is 2.05 bits per heavy atom. The van der Waals surface area contributed by atoms with Crippen LogP contribution in [0.15, 0.2) is 12.7 Å². The lowest BCUT2D eigenvalue weighted by Crippen LogP contribution is -2.35. The Hall–Kier alpha value is -1.81. The zero-order valence-electron chi connectivity index (χ0n) is 9.92. The van der Waals surface area contributed by atoms with Crippen LogP contribution in [0.4, 0.5) is 5.82 Å². The number of imidazole rings is 1. The Balaban J connectivity index is 2.04. The van der Waals surface area contributed by atoms with Crippen molar-refractivity contribution in [1.29, 1.82) is 0 Å². The molecule has 0 aliphatic carbocycles. The minimum Gasteiger partial charge on any atom is -0.387 e. The average molecular weight is 266 g/mol. The molecule has 1 aliphatic rings. The quantitative estimate of drug-likeness (QED) is 0.487. The minimum atomic E-state index is -1.11. The van der Waals surface area contributed by atoms with Crippen LogP contribution in [0.2, 0.25) is 0 Å². The molecule has 0 aromatic carbocycles. The first kappa shape index (κ1) is 12.2. The maximum Gasteiger partial charge on any atom is 0.167 e. The van der Waals surface area contributed by atoms with Gasteiger partial charge in [-0.15, -0.1) is 0 Å². The van der Waals surface area contributed by atoms with E-state index in [2.05, 4.69) is 15.0 Å². The molecule has 1 aliphatic heterocycles. The molecule has 19 heavy (non-hydrogen) atoms. The van der Waals surface area contributed by atoms with E-state index in [4.69, 9.17) is 16.2 Å². The number of nitrogens with two attached hydrogens (primary N) is 2. The van der Waals surface area contributed by atoms with Crippen molar-refractivity contribution in [3.05, 3.63) is 12.7 Å². The van der Waals surface area contributed by atoms with E-state index < -0.39 is 24.5 Å². The second-order valence-corrected chi connectivity index (χ2v) is 4.36. The van der Waals surface area contributed by atoms with E-state index in [0.717, 1.165) is 0 Å². The molecule has 9 nitrogen and oxygen atoms in total. The van der Waals surface area contributed by atoms with E-state index in [1.54, 1.807) is 0 Å². The van der Waals surface area contributed by atoms with Crippen LogP contribution in [0, 0.1) is 0 Å². The smallest absolute Gasteiger partial charge is 0.167 e. The first-order valence-electron chi connectivity index (χ1n) is 5.78. The van der Waals surface area contributed by atoms with Gasteiger partial charge in [0, 0.05) is 6.54 Å². The Labute approximate surface area is 107 Å². The molecule has 4 atom stereocenters. The number of aliphatic hydroxyl groups excluding tert-OH is 2. The Morgan fingerprint density at radius 3 is 2.74 bits per heavy atom. The molecule has 3 rings (SSSR count). The molecule has 0 radical (unpaired) electrons. The number of ether oxygens (including phenoxy) is 1. The third kappa shape index (κ3) is 1.75. The second-order valence-electron chi connectivity index (χ2n) is 4.36. The van der Waals surface area contributed by atoms with Gasteiger partial charge in [0.15, 0.2) is 17.7 Å². The van der Waals surface area contributed by atoms with Gasteiger partial charge in [0.2, 0.25) is 0 Å². The van der Waals surface area contributed by atoms with E-state index >= 15 is 0 Å². The van der Waals surface area contributed by atoms with Crippen LogP contribution >= 0.6 is 0 Å². The molecule has 9 heteroatoms. The maximum atomic E-state index is 10.0. The summed E-state index contributed by atoms with van der Waals surface area (Å²) in [6.45, 7) is 0.110. The molecule has 1 saturated heterocycles. The van der Waals surface area contributed by atoms with Crippen molar-refractivity contribution in [1.82, 2.24) is 19.5 Å². The normalized spacial score (nSPS) is 31.1. The third-order valence-electron chi connectivity index (χ3n) is 3.23. The van der Waals surface area contributed by atoms with E-state index in [-0.39, 0.29) is 12.4 Å². The summed E-state index contributed by atoms with van der Waals surface area (Å²) in [5.74, 6) is 0.243. The van der Waals surface area contributed by atoms with Crippen LogP contribution in [0.1, 0.15) is 6.23 Å². The highest BCUT2D eigenvalue weighted by Crippen LogP contribution is 2.31. The van der Waals surface area contributed by atoms with E-state index in [1.165, 1.54) is 17.2 Å². The van der Waals surface area contributed by atoms with Crippen LogP contribution in [0.25, 0.3) is 11.2 Å². The molecule has 6 N–H and O–H groups in total. The number of hydrogen-bond donors (Lipinski definition) is 4.